The number of furan rings is 1. The normalized spacial score (nSPS) is 16.4. The van der Waals surface area contributed by atoms with Gasteiger partial charge >= 0.3 is 0 Å². The van der Waals surface area contributed by atoms with Gasteiger partial charge in [-0.1, -0.05) is 43.0 Å². The molecule has 2 aromatic rings. The van der Waals surface area contributed by atoms with E-state index in [1.54, 1.807) is 0 Å². The van der Waals surface area contributed by atoms with E-state index in [-0.39, 0.29) is 0 Å². The molecule has 0 amide bonds. The van der Waals surface area contributed by atoms with Crippen molar-refractivity contribution >= 4 is 11.6 Å². The highest BCUT2D eigenvalue weighted by Crippen LogP contribution is 2.25. The van der Waals surface area contributed by atoms with E-state index in [1.807, 2.05) is 36.4 Å². The van der Waals surface area contributed by atoms with Crippen molar-refractivity contribution in [3.8, 4) is 11.3 Å². The molecule has 1 N–H and O–H groups in total. The second kappa shape index (κ2) is 6.47. The van der Waals surface area contributed by atoms with Gasteiger partial charge in [-0.25, -0.2) is 0 Å². The molecule has 1 fully saturated rings. The molecule has 0 bridgehead atoms. The third-order valence-electron chi connectivity index (χ3n) is 3.94. The van der Waals surface area contributed by atoms with E-state index in [1.165, 1.54) is 32.1 Å². The highest BCUT2D eigenvalue weighted by atomic mass is 35.5. The van der Waals surface area contributed by atoms with Gasteiger partial charge in [-0.2, -0.15) is 0 Å². The van der Waals surface area contributed by atoms with Crippen LogP contribution in [-0.4, -0.2) is 6.04 Å². The van der Waals surface area contributed by atoms with Crippen LogP contribution in [0.3, 0.4) is 0 Å². The van der Waals surface area contributed by atoms with Gasteiger partial charge in [0.1, 0.15) is 11.5 Å². The Morgan fingerprint density at radius 2 is 1.95 bits per heavy atom. The molecule has 1 aromatic heterocycles. The molecule has 1 aromatic carbocycles. The van der Waals surface area contributed by atoms with Crippen molar-refractivity contribution in [3.05, 3.63) is 47.2 Å². The molecule has 2 nitrogen and oxygen atoms in total. The molecule has 0 atom stereocenters. The second-order valence-electron chi connectivity index (χ2n) is 5.49. The van der Waals surface area contributed by atoms with Gasteiger partial charge < -0.3 is 9.73 Å². The zero-order valence-corrected chi connectivity index (χ0v) is 12.3. The van der Waals surface area contributed by atoms with Crippen LogP contribution in [0, 0.1) is 0 Å². The number of benzene rings is 1. The minimum absolute atomic E-state index is 0.656. The maximum absolute atomic E-state index is 6.01. The molecule has 0 unspecified atom stereocenters. The molecule has 0 saturated heterocycles. The number of hydrogen-bond acceptors (Lipinski definition) is 2. The predicted octanol–water partition coefficient (Wildman–Crippen LogP) is 5.02. The van der Waals surface area contributed by atoms with Gasteiger partial charge in [-0.05, 0) is 37.1 Å². The van der Waals surface area contributed by atoms with Crippen molar-refractivity contribution < 1.29 is 4.42 Å². The molecule has 0 spiro atoms. The van der Waals surface area contributed by atoms with Crippen LogP contribution in [0.15, 0.2) is 40.8 Å². The highest BCUT2D eigenvalue weighted by molar-refractivity contribution is 6.30. The largest absolute Gasteiger partial charge is 0.460 e. The van der Waals surface area contributed by atoms with Crippen LogP contribution in [-0.2, 0) is 6.54 Å². The van der Waals surface area contributed by atoms with Crippen LogP contribution in [0.5, 0.6) is 0 Å². The van der Waals surface area contributed by atoms with Gasteiger partial charge in [0.05, 0.1) is 6.54 Å². The molecular weight excluding hydrogens is 270 g/mol. The molecule has 0 aliphatic heterocycles. The molecule has 0 radical (unpaired) electrons. The number of rotatable bonds is 4. The van der Waals surface area contributed by atoms with Crippen LogP contribution in [0.2, 0.25) is 5.02 Å². The van der Waals surface area contributed by atoms with Gasteiger partial charge in [0, 0.05) is 16.6 Å². The van der Waals surface area contributed by atoms with E-state index < -0.39 is 0 Å². The Morgan fingerprint density at radius 3 is 2.75 bits per heavy atom. The number of halogens is 1. The SMILES string of the molecule is Clc1cccc(-c2ccc(CNC3CCCCC3)o2)c1. The topological polar surface area (TPSA) is 25.2 Å². The Kier molecular flexibility index (Phi) is 4.44. The summed E-state index contributed by atoms with van der Waals surface area (Å²) in [5.41, 5.74) is 1.03. The van der Waals surface area contributed by atoms with Crippen LogP contribution in [0.1, 0.15) is 37.9 Å². The van der Waals surface area contributed by atoms with E-state index in [9.17, 15) is 0 Å². The summed E-state index contributed by atoms with van der Waals surface area (Å²) in [4.78, 5) is 0. The Bertz CT molecular complexity index is 558. The van der Waals surface area contributed by atoms with E-state index >= 15 is 0 Å². The first-order chi connectivity index (χ1) is 9.81. The van der Waals surface area contributed by atoms with Crippen LogP contribution >= 0.6 is 11.6 Å². The quantitative estimate of drug-likeness (QED) is 0.855. The molecular formula is C17H20ClNO. The maximum atomic E-state index is 6.01. The summed E-state index contributed by atoms with van der Waals surface area (Å²) < 4.78 is 5.89. The lowest BCUT2D eigenvalue weighted by Crippen LogP contribution is -2.30. The number of hydrogen-bond donors (Lipinski definition) is 1. The van der Waals surface area contributed by atoms with Crippen molar-refractivity contribution in [2.75, 3.05) is 0 Å². The Morgan fingerprint density at radius 1 is 1.10 bits per heavy atom. The summed E-state index contributed by atoms with van der Waals surface area (Å²) in [5, 5.41) is 4.33. The zero-order chi connectivity index (χ0) is 13.8. The van der Waals surface area contributed by atoms with E-state index in [4.69, 9.17) is 16.0 Å². The van der Waals surface area contributed by atoms with Crippen molar-refractivity contribution in [2.45, 2.75) is 44.7 Å². The average molecular weight is 290 g/mol. The van der Waals surface area contributed by atoms with E-state index in [0.29, 0.717) is 6.04 Å². The molecule has 3 rings (SSSR count). The van der Waals surface area contributed by atoms with Crippen molar-refractivity contribution in [1.29, 1.82) is 0 Å². The summed E-state index contributed by atoms with van der Waals surface area (Å²) in [5.74, 6) is 1.87. The number of nitrogens with one attached hydrogen (secondary N) is 1. The van der Waals surface area contributed by atoms with E-state index in [0.717, 1.165) is 28.7 Å². The smallest absolute Gasteiger partial charge is 0.134 e. The zero-order valence-electron chi connectivity index (χ0n) is 11.6. The summed E-state index contributed by atoms with van der Waals surface area (Å²) in [7, 11) is 0. The van der Waals surface area contributed by atoms with Gasteiger partial charge in [0.15, 0.2) is 0 Å². The fraction of sp³-hybridized carbons (Fsp3) is 0.412. The Hall–Kier alpha value is -1.25. The predicted molar refractivity (Wildman–Crippen MR) is 82.9 cm³/mol. The van der Waals surface area contributed by atoms with Crippen molar-refractivity contribution in [3.63, 3.8) is 0 Å². The fourth-order valence-electron chi connectivity index (χ4n) is 2.82. The van der Waals surface area contributed by atoms with Crippen LogP contribution < -0.4 is 5.32 Å². The fourth-order valence-corrected chi connectivity index (χ4v) is 3.01. The lowest BCUT2D eigenvalue weighted by atomic mass is 9.95. The van der Waals surface area contributed by atoms with Gasteiger partial charge in [-0.3, -0.25) is 0 Å². The average Bonchev–Trinajstić information content (AvgIpc) is 2.95. The minimum atomic E-state index is 0.656. The van der Waals surface area contributed by atoms with E-state index in [2.05, 4.69) is 5.32 Å². The summed E-state index contributed by atoms with van der Waals surface area (Å²) >= 11 is 6.01. The minimum Gasteiger partial charge on any atom is -0.460 e. The highest BCUT2D eigenvalue weighted by Gasteiger charge is 2.13. The van der Waals surface area contributed by atoms with Crippen LogP contribution in [0.4, 0.5) is 0 Å². The maximum Gasteiger partial charge on any atom is 0.134 e. The molecule has 1 aliphatic rings. The van der Waals surface area contributed by atoms with Crippen molar-refractivity contribution in [2.24, 2.45) is 0 Å². The standard InChI is InChI=1S/C17H20ClNO/c18-14-6-4-5-13(11-14)17-10-9-16(20-17)12-19-15-7-2-1-3-8-15/h4-6,9-11,15,19H,1-3,7-8,12H2. The first kappa shape index (κ1) is 13.7. The first-order valence-electron chi connectivity index (χ1n) is 7.39. The second-order valence-corrected chi connectivity index (χ2v) is 5.93. The van der Waals surface area contributed by atoms with Gasteiger partial charge in [0.25, 0.3) is 0 Å². The van der Waals surface area contributed by atoms with Gasteiger partial charge in [-0.15, -0.1) is 0 Å². The Balaban J connectivity index is 1.61. The molecule has 1 aliphatic carbocycles. The molecule has 106 valence electrons. The lowest BCUT2D eigenvalue weighted by molar-refractivity contribution is 0.358. The molecule has 1 saturated carbocycles. The summed E-state index contributed by atoms with van der Waals surface area (Å²) in [6.07, 6.45) is 6.68. The van der Waals surface area contributed by atoms with Crippen molar-refractivity contribution in [1.82, 2.24) is 5.32 Å². The molecule has 1 heterocycles. The van der Waals surface area contributed by atoms with Crippen LogP contribution in [0.25, 0.3) is 11.3 Å². The molecule has 3 heteroatoms. The third kappa shape index (κ3) is 3.44. The summed E-state index contributed by atoms with van der Waals surface area (Å²) in [6.45, 7) is 0.811. The monoisotopic (exact) mass is 289 g/mol. The summed E-state index contributed by atoms with van der Waals surface area (Å²) in [6, 6.07) is 12.5. The first-order valence-corrected chi connectivity index (χ1v) is 7.77. The lowest BCUT2D eigenvalue weighted by Gasteiger charge is -2.22. The Labute approximate surface area is 125 Å². The molecule has 20 heavy (non-hydrogen) atoms. The van der Waals surface area contributed by atoms with Gasteiger partial charge in [0.2, 0.25) is 0 Å². The third-order valence-corrected chi connectivity index (χ3v) is 4.18.